The van der Waals surface area contributed by atoms with E-state index in [1.807, 2.05) is 19.1 Å². The highest BCUT2D eigenvalue weighted by Gasteiger charge is 2.14. The molecular weight excluding hydrogens is 386 g/mol. The highest BCUT2D eigenvalue weighted by Crippen LogP contribution is 2.22. The second-order valence-electron chi connectivity index (χ2n) is 7.56. The van der Waals surface area contributed by atoms with Gasteiger partial charge in [-0.25, -0.2) is 0 Å². The number of amides is 2. The summed E-state index contributed by atoms with van der Waals surface area (Å²) in [7, 11) is 0. The third-order valence-electron chi connectivity index (χ3n) is 4.12. The molecule has 0 aliphatic carbocycles. The number of rotatable bonds is 5. The van der Waals surface area contributed by atoms with Crippen LogP contribution < -0.4 is 20.9 Å². The van der Waals surface area contributed by atoms with Gasteiger partial charge in [0.15, 0.2) is 5.11 Å². The van der Waals surface area contributed by atoms with Crippen molar-refractivity contribution >= 4 is 29.1 Å². The lowest BCUT2D eigenvalue weighted by Gasteiger charge is -2.19. The van der Waals surface area contributed by atoms with Crippen LogP contribution in [-0.4, -0.2) is 23.5 Å². The zero-order valence-corrected chi connectivity index (χ0v) is 18.0. The Morgan fingerprint density at radius 2 is 1.45 bits per heavy atom. The minimum absolute atomic E-state index is 0.000899. The van der Waals surface area contributed by atoms with Gasteiger partial charge < -0.3 is 4.74 Å². The molecule has 154 valence electrons. The lowest BCUT2D eigenvalue weighted by molar-refractivity contribution is 0.0934. The summed E-state index contributed by atoms with van der Waals surface area (Å²) in [4.78, 5) is 24.5. The fourth-order valence-corrected chi connectivity index (χ4v) is 2.58. The number of thiocarbonyl (C=S) groups is 1. The van der Waals surface area contributed by atoms with Crippen LogP contribution in [0.3, 0.4) is 0 Å². The Morgan fingerprint density at radius 3 is 2.00 bits per heavy atom. The monoisotopic (exact) mass is 413 g/mol. The van der Waals surface area contributed by atoms with Crippen LogP contribution in [0.25, 0.3) is 0 Å². The van der Waals surface area contributed by atoms with Crippen molar-refractivity contribution in [3.8, 4) is 5.75 Å². The van der Waals surface area contributed by atoms with Crippen LogP contribution in [0.15, 0.2) is 48.5 Å². The first-order valence-electron chi connectivity index (χ1n) is 9.46. The summed E-state index contributed by atoms with van der Waals surface area (Å²) < 4.78 is 5.49. The maximum absolute atomic E-state index is 12.2. The smallest absolute Gasteiger partial charge is 0.269 e. The molecule has 0 aliphatic rings. The highest BCUT2D eigenvalue weighted by atomic mass is 32.1. The molecule has 0 saturated heterocycles. The molecule has 0 spiro atoms. The molecule has 0 fully saturated rings. The van der Waals surface area contributed by atoms with Gasteiger partial charge in [-0.3, -0.25) is 25.8 Å². The van der Waals surface area contributed by atoms with Crippen molar-refractivity contribution in [3.63, 3.8) is 0 Å². The van der Waals surface area contributed by atoms with Gasteiger partial charge in [0.05, 0.1) is 6.61 Å². The molecule has 2 amide bonds. The third-order valence-corrected chi connectivity index (χ3v) is 4.32. The lowest BCUT2D eigenvalue weighted by atomic mass is 9.87. The summed E-state index contributed by atoms with van der Waals surface area (Å²) >= 11 is 5.07. The van der Waals surface area contributed by atoms with Gasteiger partial charge in [-0.1, -0.05) is 39.8 Å². The van der Waals surface area contributed by atoms with Gasteiger partial charge in [-0.15, -0.1) is 0 Å². The molecule has 3 N–H and O–H groups in total. The van der Waals surface area contributed by atoms with Gasteiger partial charge in [0.2, 0.25) is 0 Å². The number of hydrogen-bond acceptors (Lipinski definition) is 4. The number of carbonyl (C=O) groups excluding carboxylic acids is 2. The number of hydrogen-bond donors (Lipinski definition) is 3. The SMILES string of the molecule is CCCOc1ccc(C(=O)NC(=S)NNC(=O)c2ccc(C(C)(C)C)cc2)cc1. The van der Waals surface area contributed by atoms with Crippen LogP contribution in [0, 0.1) is 0 Å². The van der Waals surface area contributed by atoms with Gasteiger partial charge in [-0.2, -0.15) is 0 Å². The largest absolute Gasteiger partial charge is 0.494 e. The summed E-state index contributed by atoms with van der Waals surface area (Å²) in [6.45, 7) is 8.97. The van der Waals surface area contributed by atoms with Gasteiger partial charge in [0, 0.05) is 11.1 Å². The predicted octanol–water partition coefficient (Wildman–Crippen LogP) is 3.72. The van der Waals surface area contributed by atoms with Crippen molar-refractivity contribution in [1.82, 2.24) is 16.2 Å². The molecule has 2 aromatic rings. The number of hydrazine groups is 1. The van der Waals surface area contributed by atoms with Gasteiger partial charge in [-0.05, 0) is 66.0 Å². The van der Waals surface area contributed by atoms with Crippen LogP contribution in [0.4, 0.5) is 0 Å². The maximum Gasteiger partial charge on any atom is 0.269 e. The first kappa shape index (κ1) is 22.4. The van der Waals surface area contributed by atoms with Crippen LogP contribution >= 0.6 is 12.2 Å². The van der Waals surface area contributed by atoms with Crippen molar-refractivity contribution in [3.05, 3.63) is 65.2 Å². The molecule has 2 aromatic carbocycles. The van der Waals surface area contributed by atoms with E-state index in [-0.39, 0.29) is 22.3 Å². The van der Waals surface area contributed by atoms with Crippen LogP contribution in [0.5, 0.6) is 5.75 Å². The molecule has 7 heteroatoms. The summed E-state index contributed by atoms with van der Waals surface area (Å²) in [5.74, 6) is -0.0263. The first-order valence-corrected chi connectivity index (χ1v) is 9.86. The van der Waals surface area contributed by atoms with Gasteiger partial charge >= 0.3 is 0 Å². The van der Waals surface area contributed by atoms with Crippen molar-refractivity contribution in [1.29, 1.82) is 0 Å². The van der Waals surface area contributed by atoms with E-state index >= 15 is 0 Å². The van der Waals surface area contributed by atoms with E-state index in [1.165, 1.54) is 0 Å². The molecule has 2 rings (SSSR count). The molecule has 29 heavy (non-hydrogen) atoms. The van der Waals surface area contributed by atoms with Crippen molar-refractivity contribution in [2.45, 2.75) is 39.5 Å². The van der Waals surface area contributed by atoms with E-state index in [9.17, 15) is 9.59 Å². The van der Waals surface area contributed by atoms with Crippen molar-refractivity contribution < 1.29 is 14.3 Å². The molecule has 0 saturated carbocycles. The van der Waals surface area contributed by atoms with E-state index in [0.717, 1.165) is 12.0 Å². The van der Waals surface area contributed by atoms with E-state index in [1.54, 1.807) is 36.4 Å². The zero-order valence-electron chi connectivity index (χ0n) is 17.2. The minimum atomic E-state index is -0.381. The second kappa shape index (κ2) is 10.0. The van der Waals surface area contributed by atoms with E-state index < -0.39 is 0 Å². The second-order valence-corrected chi connectivity index (χ2v) is 7.97. The number of ether oxygens (including phenoxy) is 1. The van der Waals surface area contributed by atoms with Crippen LogP contribution in [-0.2, 0) is 5.41 Å². The highest BCUT2D eigenvalue weighted by molar-refractivity contribution is 7.80. The van der Waals surface area contributed by atoms with Crippen molar-refractivity contribution in [2.75, 3.05) is 6.61 Å². The van der Waals surface area contributed by atoms with Crippen LogP contribution in [0.2, 0.25) is 0 Å². The quantitative estimate of drug-likeness (QED) is 0.514. The molecule has 0 atom stereocenters. The summed E-state index contributed by atoms with van der Waals surface area (Å²) in [5, 5.41) is 2.52. The fourth-order valence-electron chi connectivity index (χ4n) is 2.44. The average Bonchev–Trinajstić information content (AvgIpc) is 2.70. The zero-order chi connectivity index (χ0) is 21.4. The van der Waals surface area contributed by atoms with E-state index in [4.69, 9.17) is 17.0 Å². The Hall–Kier alpha value is -2.93. The standard InChI is InChI=1S/C22H27N3O3S/c1-5-14-28-18-12-8-15(9-13-18)19(26)23-21(29)25-24-20(27)16-6-10-17(11-7-16)22(2,3)4/h6-13H,5,14H2,1-4H3,(H,24,27)(H2,23,25,26,29). The number of benzene rings is 2. The Balaban J connectivity index is 1.84. The molecule has 6 nitrogen and oxygen atoms in total. The summed E-state index contributed by atoms with van der Waals surface area (Å²) in [5.41, 5.74) is 7.09. The Labute approximate surface area is 177 Å². The minimum Gasteiger partial charge on any atom is -0.494 e. The number of carbonyl (C=O) groups is 2. The molecule has 0 heterocycles. The lowest BCUT2D eigenvalue weighted by Crippen LogP contribution is -2.48. The summed E-state index contributed by atoms with van der Waals surface area (Å²) in [6, 6.07) is 14.1. The maximum atomic E-state index is 12.2. The normalized spacial score (nSPS) is 10.8. The molecule has 0 unspecified atom stereocenters. The Morgan fingerprint density at radius 1 is 0.897 bits per heavy atom. The molecule has 0 radical (unpaired) electrons. The molecule has 0 aliphatic heterocycles. The van der Waals surface area contributed by atoms with Gasteiger partial charge in [0.25, 0.3) is 11.8 Å². The van der Waals surface area contributed by atoms with Crippen molar-refractivity contribution in [2.24, 2.45) is 0 Å². The fraction of sp³-hybridized carbons (Fsp3) is 0.318. The predicted molar refractivity (Wildman–Crippen MR) is 118 cm³/mol. The Kier molecular flexibility index (Phi) is 7.73. The third kappa shape index (κ3) is 6.87. The van der Waals surface area contributed by atoms with Crippen LogP contribution in [0.1, 0.15) is 60.4 Å². The van der Waals surface area contributed by atoms with Gasteiger partial charge in [0.1, 0.15) is 5.75 Å². The Bertz CT molecular complexity index is 856. The molecule has 0 bridgehead atoms. The average molecular weight is 414 g/mol. The summed E-state index contributed by atoms with van der Waals surface area (Å²) in [6.07, 6.45) is 0.911. The first-order chi connectivity index (χ1) is 13.7. The topological polar surface area (TPSA) is 79.5 Å². The molecule has 0 aromatic heterocycles. The number of nitrogens with one attached hydrogen (secondary N) is 3. The van der Waals surface area contributed by atoms with E-state index in [0.29, 0.717) is 23.5 Å². The molecular formula is C22H27N3O3S. The van der Waals surface area contributed by atoms with E-state index in [2.05, 4.69) is 36.9 Å².